The second-order valence-electron chi connectivity index (χ2n) is 7.97. The van der Waals surface area contributed by atoms with Gasteiger partial charge in [0.25, 0.3) is 5.09 Å². The molecule has 5 rings (SSSR count). The first-order valence-electron chi connectivity index (χ1n) is 10.2. The van der Waals surface area contributed by atoms with E-state index < -0.39 is 41.8 Å². The van der Waals surface area contributed by atoms with Gasteiger partial charge >= 0.3 is 6.16 Å². The molecule has 2 fully saturated rings. The Morgan fingerprint density at radius 3 is 2.73 bits per heavy atom. The van der Waals surface area contributed by atoms with E-state index in [1.807, 2.05) is 12.1 Å². The molecule has 2 aromatic rings. The monoisotopic (exact) mass is 478 g/mol. The number of nitrogens with zero attached hydrogens (tertiary/aromatic N) is 2. The maximum atomic E-state index is 11.4. The molecule has 0 spiro atoms. The van der Waals surface area contributed by atoms with Crippen LogP contribution in [0.5, 0.6) is 0 Å². The highest BCUT2D eigenvalue weighted by Crippen LogP contribution is 2.47. The number of aromatic nitrogens is 1. The Kier molecular flexibility index (Phi) is 5.57. The zero-order valence-corrected chi connectivity index (χ0v) is 18.0. The zero-order chi connectivity index (χ0) is 23.3. The maximum absolute atomic E-state index is 11.4. The lowest BCUT2D eigenvalue weighted by Crippen LogP contribution is -2.36. The van der Waals surface area contributed by atoms with Gasteiger partial charge in [-0.25, -0.2) is 4.79 Å². The Morgan fingerprint density at radius 1 is 1.27 bits per heavy atom. The van der Waals surface area contributed by atoms with E-state index in [0.29, 0.717) is 16.3 Å². The number of fused-ring (bicyclic) bond motifs is 2. The summed E-state index contributed by atoms with van der Waals surface area (Å²) in [5.74, 6) is 0. The van der Waals surface area contributed by atoms with Crippen LogP contribution >= 0.6 is 11.6 Å². The summed E-state index contributed by atoms with van der Waals surface area (Å²) in [6, 6.07) is 7.26. The molecule has 33 heavy (non-hydrogen) atoms. The molecule has 12 heteroatoms. The predicted molar refractivity (Wildman–Crippen MR) is 109 cm³/mol. The first kappa shape index (κ1) is 21.8. The minimum Gasteiger partial charge on any atom is -0.450 e. The third-order valence-electron chi connectivity index (χ3n) is 6.12. The number of benzene rings is 1. The van der Waals surface area contributed by atoms with Gasteiger partial charge in [0, 0.05) is 28.0 Å². The second-order valence-corrected chi connectivity index (χ2v) is 8.41. The third-order valence-corrected chi connectivity index (χ3v) is 6.37. The van der Waals surface area contributed by atoms with Gasteiger partial charge in [-0.3, -0.25) is 4.98 Å². The van der Waals surface area contributed by atoms with Crippen LogP contribution in [0.1, 0.15) is 40.2 Å². The van der Waals surface area contributed by atoms with Crippen LogP contribution in [-0.4, -0.2) is 52.4 Å². The summed E-state index contributed by atoms with van der Waals surface area (Å²) in [5, 5.41) is 19.9. The lowest BCUT2D eigenvalue weighted by Gasteiger charge is -2.24. The van der Waals surface area contributed by atoms with Crippen LogP contribution in [-0.2, 0) is 30.4 Å². The Hall–Kier alpha value is -2.99. The number of rotatable bonds is 5. The van der Waals surface area contributed by atoms with Crippen molar-refractivity contribution in [3.05, 3.63) is 73.5 Å². The van der Waals surface area contributed by atoms with Crippen molar-refractivity contribution in [3.8, 4) is 0 Å². The van der Waals surface area contributed by atoms with Crippen molar-refractivity contribution < 1.29 is 38.8 Å². The van der Waals surface area contributed by atoms with Gasteiger partial charge in [0.2, 0.25) is 0 Å². The highest BCUT2D eigenvalue weighted by molar-refractivity contribution is 6.30. The van der Waals surface area contributed by atoms with E-state index in [1.54, 1.807) is 25.3 Å². The van der Waals surface area contributed by atoms with Gasteiger partial charge in [-0.2, -0.15) is 0 Å². The first-order valence-corrected chi connectivity index (χ1v) is 10.5. The molecular formula is C21H19ClN2O9. The summed E-state index contributed by atoms with van der Waals surface area (Å²) < 4.78 is 22.9. The molecule has 1 unspecified atom stereocenters. The van der Waals surface area contributed by atoms with Crippen LogP contribution in [0.2, 0.25) is 5.02 Å². The van der Waals surface area contributed by atoms with Crippen molar-refractivity contribution in [1.82, 2.24) is 4.98 Å². The molecule has 0 radical (unpaired) electrons. The quantitative estimate of drug-likeness (QED) is 0.387. The molecule has 1 aromatic carbocycles. The molecule has 1 N–H and O–H groups in total. The van der Waals surface area contributed by atoms with Crippen LogP contribution < -0.4 is 0 Å². The SMILES string of the molecule is Cc1ncc2c(c1[C@@H]1O[C@H]3[C@@H](OC[C@H]3O[N+](=O)[O-])[C@@H]1OC(=O)O)COC2c1ccc(Cl)cc1. The minimum atomic E-state index is -1.51. The molecule has 0 saturated carbocycles. The van der Waals surface area contributed by atoms with E-state index in [9.17, 15) is 20.0 Å². The summed E-state index contributed by atoms with van der Waals surface area (Å²) in [6.45, 7) is 1.90. The molecular weight excluding hydrogens is 460 g/mol. The number of ether oxygens (including phenoxy) is 4. The Labute approximate surface area is 192 Å². The van der Waals surface area contributed by atoms with E-state index >= 15 is 0 Å². The minimum absolute atomic E-state index is 0.117. The molecule has 3 aliphatic heterocycles. The normalized spacial score (nSPS) is 30.0. The largest absolute Gasteiger partial charge is 0.506 e. The lowest BCUT2D eigenvalue weighted by atomic mass is 9.92. The second kappa shape index (κ2) is 8.41. The fourth-order valence-corrected chi connectivity index (χ4v) is 4.90. The summed E-state index contributed by atoms with van der Waals surface area (Å²) in [7, 11) is 0. The molecule has 2 saturated heterocycles. The number of hydrogen-bond acceptors (Lipinski definition) is 9. The van der Waals surface area contributed by atoms with Gasteiger partial charge in [-0.15, -0.1) is 10.1 Å². The van der Waals surface area contributed by atoms with Crippen LogP contribution in [0.3, 0.4) is 0 Å². The summed E-state index contributed by atoms with van der Waals surface area (Å²) in [4.78, 5) is 31.5. The molecule has 0 bridgehead atoms. The fourth-order valence-electron chi connectivity index (χ4n) is 4.77. The topological polar surface area (TPSA) is 139 Å². The average Bonchev–Trinajstić information content (AvgIpc) is 3.44. The van der Waals surface area contributed by atoms with Gasteiger partial charge in [0.05, 0.1) is 13.2 Å². The van der Waals surface area contributed by atoms with Crippen molar-refractivity contribution in [2.24, 2.45) is 0 Å². The maximum Gasteiger partial charge on any atom is 0.506 e. The van der Waals surface area contributed by atoms with E-state index in [1.165, 1.54) is 0 Å². The summed E-state index contributed by atoms with van der Waals surface area (Å²) >= 11 is 6.00. The van der Waals surface area contributed by atoms with E-state index in [2.05, 4.69) is 9.82 Å². The van der Waals surface area contributed by atoms with E-state index in [0.717, 1.165) is 16.7 Å². The lowest BCUT2D eigenvalue weighted by molar-refractivity contribution is -0.769. The summed E-state index contributed by atoms with van der Waals surface area (Å²) in [6.07, 6.45) is -4.87. The van der Waals surface area contributed by atoms with Crippen molar-refractivity contribution in [3.63, 3.8) is 0 Å². The Balaban J connectivity index is 1.52. The van der Waals surface area contributed by atoms with Gasteiger partial charge in [0.1, 0.15) is 24.4 Å². The Bertz CT molecular complexity index is 1100. The average molecular weight is 479 g/mol. The number of aryl methyl sites for hydroxylation is 1. The number of carbonyl (C=O) groups is 1. The van der Waals surface area contributed by atoms with Gasteiger partial charge in [-0.05, 0) is 30.2 Å². The van der Waals surface area contributed by atoms with Crippen LogP contribution in [0, 0.1) is 17.0 Å². The predicted octanol–water partition coefficient (Wildman–Crippen LogP) is 3.14. The van der Waals surface area contributed by atoms with Crippen molar-refractivity contribution in [1.29, 1.82) is 0 Å². The van der Waals surface area contributed by atoms with Crippen molar-refractivity contribution >= 4 is 17.8 Å². The molecule has 0 amide bonds. The smallest absolute Gasteiger partial charge is 0.450 e. The number of hydrogen-bond donors (Lipinski definition) is 1. The third kappa shape index (κ3) is 3.86. The van der Waals surface area contributed by atoms with Gasteiger partial charge in [-0.1, -0.05) is 23.7 Å². The standard InChI is InChI=1S/C21H19ClN2O9/c1-9-15(13-7-29-16(12(13)6-23-9)10-2-4-11(22)5-3-10)18-20(32-21(25)26)19-17(31-18)14(8-30-19)33-24(27)28/h2-6,14,16-20H,7-8H2,1H3,(H,25,26)/t14-,16?,17-,18+,19-,20-/m1/s1. The molecule has 3 aliphatic rings. The molecule has 0 aliphatic carbocycles. The number of carboxylic acid groups (broad SMARTS) is 1. The van der Waals surface area contributed by atoms with E-state index in [-0.39, 0.29) is 19.3 Å². The van der Waals surface area contributed by atoms with Crippen LogP contribution in [0.25, 0.3) is 0 Å². The highest BCUT2D eigenvalue weighted by Gasteiger charge is 2.57. The highest BCUT2D eigenvalue weighted by atomic mass is 35.5. The van der Waals surface area contributed by atoms with Crippen LogP contribution in [0.4, 0.5) is 4.79 Å². The summed E-state index contributed by atoms with van der Waals surface area (Å²) in [5.41, 5.74) is 3.72. The van der Waals surface area contributed by atoms with Gasteiger partial charge < -0.3 is 28.9 Å². The van der Waals surface area contributed by atoms with Gasteiger partial charge in [0.15, 0.2) is 12.2 Å². The fraction of sp³-hybridized carbons (Fsp3) is 0.429. The Morgan fingerprint density at radius 2 is 2.03 bits per heavy atom. The van der Waals surface area contributed by atoms with E-state index in [4.69, 9.17) is 30.5 Å². The molecule has 174 valence electrons. The van der Waals surface area contributed by atoms with Crippen molar-refractivity contribution in [2.45, 2.75) is 50.2 Å². The molecule has 4 heterocycles. The first-order chi connectivity index (χ1) is 15.8. The number of halogens is 1. The molecule has 1 aromatic heterocycles. The zero-order valence-electron chi connectivity index (χ0n) is 17.3. The van der Waals surface area contributed by atoms with Crippen LogP contribution in [0.15, 0.2) is 30.5 Å². The molecule has 11 nitrogen and oxygen atoms in total. The number of pyridine rings is 1. The van der Waals surface area contributed by atoms with Crippen molar-refractivity contribution in [2.75, 3.05) is 6.61 Å². The molecule has 6 atom stereocenters.